The van der Waals surface area contributed by atoms with Crippen LogP contribution in [-0.4, -0.2) is 24.8 Å². The molecule has 1 heterocycles. The van der Waals surface area contributed by atoms with Crippen molar-refractivity contribution in [2.24, 2.45) is 11.8 Å². The summed E-state index contributed by atoms with van der Waals surface area (Å²) >= 11 is 5.89. The molecule has 2 rings (SSSR count). The van der Waals surface area contributed by atoms with E-state index in [0.717, 1.165) is 18.5 Å². The predicted octanol–water partition coefficient (Wildman–Crippen LogP) is 4.06. The molecular formula is C17H25ClFNO. The Kier molecular flexibility index (Phi) is 5.64. The second-order valence-electron chi connectivity index (χ2n) is 6.10. The summed E-state index contributed by atoms with van der Waals surface area (Å²) in [6, 6.07) is 5.31. The lowest BCUT2D eigenvalue weighted by atomic mass is 9.81. The van der Waals surface area contributed by atoms with Crippen molar-refractivity contribution in [2.45, 2.75) is 52.4 Å². The predicted molar refractivity (Wildman–Crippen MR) is 85.2 cm³/mol. The third-order valence-corrected chi connectivity index (χ3v) is 4.98. The summed E-state index contributed by atoms with van der Waals surface area (Å²) in [5.74, 6) is 0.587. The largest absolute Gasteiger partial charge is 0.375 e. The van der Waals surface area contributed by atoms with Crippen molar-refractivity contribution in [3.05, 3.63) is 34.6 Å². The number of ether oxygens (including phenoxy) is 1. The first-order valence-electron chi connectivity index (χ1n) is 7.76. The minimum atomic E-state index is -0.361. The number of nitrogens with one attached hydrogen (secondary N) is 1. The molecule has 5 unspecified atom stereocenters. The van der Waals surface area contributed by atoms with Gasteiger partial charge < -0.3 is 10.1 Å². The monoisotopic (exact) mass is 313 g/mol. The van der Waals surface area contributed by atoms with E-state index in [-0.39, 0.29) is 23.0 Å². The molecule has 21 heavy (non-hydrogen) atoms. The van der Waals surface area contributed by atoms with Crippen molar-refractivity contribution in [3.8, 4) is 0 Å². The van der Waals surface area contributed by atoms with Crippen LogP contribution in [0.4, 0.5) is 4.39 Å². The van der Waals surface area contributed by atoms with Gasteiger partial charge >= 0.3 is 0 Å². The Labute approximate surface area is 132 Å². The van der Waals surface area contributed by atoms with Gasteiger partial charge in [0.2, 0.25) is 0 Å². The molecule has 0 radical (unpaired) electrons. The molecule has 118 valence electrons. The molecule has 2 nitrogen and oxygen atoms in total. The highest BCUT2D eigenvalue weighted by molar-refractivity contribution is 6.30. The SMILES string of the molecule is CCNC(Cc1ccc(F)c(Cl)c1)C1C(C)OC(C)C1C. The van der Waals surface area contributed by atoms with Gasteiger partial charge in [-0.1, -0.05) is 31.5 Å². The van der Waals surface area contributed by atoms with E-state index < -0.39 is 0 Å². The number of likely N-dealkylation sites (N-methyl/N-ethyl adjacent to an activating group) is 1. The molecule has 0 amide bonds. The van der Waals surface area contributed by atoms with Gasteiger partial charge in [0.25, 0.3) is 0 Å². The molecule has 4 heteroatoms. The third kappa shape index (κ3) is 3.77. The van der Waals surface area contributed by atoms with E-state index in [9.17, 15) is 4.39 Å². The van der Waals surface area contributed by atoms with Gasteiger partial charge in [0, 0.05) is 12.0 Å². The molecule has 1 aromatic carbocycles. The summed E-state index contributed by atoms with van der Waals surface area (Å²) in [6.45, 7) is 9.55. The molecule has 0 spiro atoms. The Hall–Kier alpha value is -0.640. The molecule has 1 aromatic rings. The molecular weight excluding hydrogens is 289 g/mol. The molecule has 1 saturated heterocycles. The standard InChI is InChI=1S/C17H25ClFNO/c1-5-20-16(17-10(2)11(3)21-12(17)4)9-13-6-7-15(19)14(18)8-13/h6-8,10-12,16-17,20H,5,9H2,1-4H3. The Balaban J connectivity index is 2.17. The van der Waals surface area contributed by atoms with Crippen LogP contribution in [-0.2, 0) is 11.2 Å². The van der Waals surface area contributed by atoms with E-state index in [1.165, 1.54) is 6.07 Å². The molecule has 0 saturated carbocycles. The van der Waals surface area contributed by atoms with E-state index in [4.69, 9.17) is 16.3 Å². The van der Waals surface area contributed by atoms with Gasteiger partial charge in [-0.15, -0.1) is 0 Å². The van der Waals surface area contributed by atoms with Gasteiger partial charge in [0.15, 0.2) is 0 Å². The van der Waals surface area contributed by atoms with Crippen molar-refractivity contribution in [1.82, 2.24) is 5.32 Å². The van der Waals surface area contributed by atoms with Crippen LogP contribution in [0.25, 0.3) is 0 Å². The minimum absolute atomic E-state index is 0.194. The maximum Gasteiger partial charge on any atom is 0.141 e. The number of benzene rings is 1. The van der Waals surface area contributed by atoms with E-state index in [2.05, 4.69) is 33.0 Å². The summed E-state index contributed by atoms with van der Waals surface area (Å²) in [4.78, 5) is 0. The van der Waals surface area contributed by atoms with Crippen molar-refractivity contribution in [3.63, 3.8) is 0 Å². The minimum Gasteiger partial charge on any atom is -0.375 e. The summed E-state index contributed by atoms with van der Waals surface area (Å²) < 4.78 is 19.3. The van der Waals surface area contributed by atoms with Crippen molar-refractivity contribution in [1.29, 1.82) is 0 Å². The fourth-order valence-electron chi connectivity index (χ4n) is 3.51. The van der Waals surface area contributed by atoms with Gasteiger partial charge in [0.05, 0.1) is 17.2 Å². The van der Waals surface area contributed by atoms with Crippen LogP contribution in [0, 0.1) is 17.7 Å². The van der Waals surface area contributed by atoms with E-state index in [0.29, 0.717) is 17.9 Å². The van der Waals surface area contributed by atoms with Crippen LogP contribution in [0.1, 0.15) is 33.3 Å². The lowest BCUT2D eigenvalue weighted by molar-refractivity contribution is 0.0476. The maximum atomic E-state index is 13.3. The first-order chi connectivity index (χ1) is 9.93. The van der Waals surface area contributed by atoms with Gasteiger partial charge in [0.1, 0.15) is 5.82 Å². The third-order valence-electron chi connectivity index (χ3n) is 4.69. The number of hydrogen-bond donors (Lipinski definition) is 1. The van der Waals surface area contributed by atoms with Crippen LogP contribution in [0.15, 0.2) is 18.2 Å². The van der Waals surface area contributed by atoms with Crippen molar-refractivity contribution in [2.75, 3.05) is 6.54 Å². The molecule has 1 aliphatic rings. The second kappa shape index (κ2) is 7.08. The van der Waals surface area contributed by atoms with Crippen molar-refractivity contribution >= 4 is 11.6 Å². The topological polar surface area (TPSA) is 21.3 Å². The van der Waals surface area contributed by atoms with E-state index in [1.54, 1.807) is 6.07 Å². The van der Waals surface area contributed by atoms with Crippen LogP contribution in [0.3, 0.4) is 0 Å². The fraction of sp³-hybridized carbons (Fsp3) is 0.647. The highest BCUT2D eigenvalue weighted by Gasteiger charge is 2.41. The van der Waals surface area contributed by atoms with Gasteiger partial charge in [-0.2, -0.15) is 0 Å². The molecule has 1 N–H and O–H groups in total. The summed E-state index contributed by atoms with van der Waals surface area (Å²) in [6.07, 6.45) is 1.35. The Bertz CT molecular complexity index is 482. The molecule has 1 fully saturated rings. The summed E-state index contributed by atoms with van der Waals surface area (Å²) in [7, 11) is 0. The highest BCUT2D eigenvalue weighted by Crippen LogP contribution is 2.35. The lowest BCUT2D eigenvalue weighted by Gasteiger charge is -2.30. The average Bonchev–Trinajstić information content (AvgIpc) is 2.67. The first kappa shape index (κ1) is 16.7. The van der Waals surface area contributed by atoms with Gasteiger partial charge in [-0.25, -0.2) is 4.39 Å². The van der Waals surface area contributed by atoms with Crippen molar-refractivity contribution < 1.29 is 9.13 Å². The van der Waals surface area contributed by atoms with Crippen LogP contribution in [0.5, 0.6) is 0 Å². The van der Waals surface area contributed by atoms with Gasteiger partial charge in [-0.05, 0) is 50.4 Å². The van der Waals surface area contributed by atoms with E-state index >= 15 is 0 Å². The number of rotatable bonds is 5. The Morgan fingerprint density at radius 1 is 1.29 bits per heavy atom. The summed E-state index contributed by atoms with van der Waals surface area (Å²) in [5, 5.41) is 3.77. The quantitative estimate of drug-likeness (QED) is 0.885. The van der Waals surface area contributed by atoms with Crippen LogP contribution < -0.4 is 5.32 Å². The first-order valence-corrected chi connectivity index (χ1v) is 8.14. The molecule has 1 aliphatic heterocycles. The number of halogens is 2. The average molecular weight is 314 g/mol. The Morgan fingerprint density at radius 2 is 2.00 bits per heavy atom. The highest BCUT2D eigenvalue weighted by atomic mass is 35.5. The molecule has 0 bridgehead atoms. The fourth-order valence-corrected chi connectivity index (χ4v) is 3.72. The zero-order valence-electron chi connectivity index (χ0n) is 13.2. The van der Waals surface area contributed by atoms with Crippen LogP contribution >= 0.6 is 11.6 Å². The summed E-state index contributed by atoms with van der Waals surface area (Å²) in [5.41, 5.74) is 1.06. The molecule has 0 aliphatic carbocycles. The number of hydrogen-bond acceptors (Lipinski definition) is 2. The molecule has 0 aromatic heterocycles. The zero-order valence-corrected chi connectivity index (χ0v) is 14.0. The van der Waals surface area contributed by atoms with E-state index in [1.807, 2.05) is 6.07 Å². The second-order valence-corrected chi connectivity index (χ2v) is 6.51. The van der Waals surface area contributed by atoms with Gasteiger partial charge in [-0.3, -0.25) is 0 Å². The Morgan fingerprint density at radius 3 is 2.52 bits per heavy atom. The van der Waals surface area contributed by atoms with Crippen LogP contribution in [0.2, 0.25) is 5.02 Å². The lowest BCUT2D eigenvalue weighted by Crippen LogP contribution is -2.43. The zero-order chi connectivity index (χ0) is 15.6. The normalized spacial score (nSPS) is 30.6. The maximum absolute atomic E-state index is 13.3. The molecule has 5 atom stereocenters. The smallest absolute Gasteiger partial charge is 0.141 e.